The molecular formula is C20H22FN5O2. The maximum Gasteiger partial charge on any atom is 0.230 e. The van der Waals surface area contributed by atoms with Crippen LogP contribution < -0.4 is 21.6 Å². The van der Waals surface area contributed by atoms with Gasteiger partial charge in [0.15, 0.2) is 11.2 Å². The van der Waals surface area contributed by atoms with E-state index in [-0.39, 0.29) is 16.6 Å². The van der Waals surface area contributed by atoms with Crippen molar-refractivity contribution >= 4 is 18.2 Å². The van der Waals surface area contributed by atoms with E-state index in [0.717, 1.165) is 5.56 Å². The summed E-state index contributed by atoms with van der Waals surface area (Å²) in [5.41, 5.74) is 2.97. The number of likely N-dealkylation sites (N-methyl/N-ethyl adjacent to an activating group) is 1. The SMILES string of the molecule is C=c1c(=O)c(=C2NN=C(Cc3ccc(F)cc3)N2C)nc2n1CCOC2(C)C. The third-order valence-electron chi connectivity index (χ3n) is 5.11. The van der Waals surface area contributed by atoms with Gasteiger partial charge in [-0.2, -0.15) is 5.10 Å². The second-order valence-electron chi connectivity index (χ2n) is 7.42. The van der Waals surface area contributed by atoms with Crippen LogP contribution in [0.25, 0.3) is 12.4 Å². The molecule has 0 radical (unpaired) electrons. The van der Waals surface area contributed by atoms with E-state index < -0.39 is 5.60 Å². The largest absolute Gasteiger partial charge is 0.366 e. The second-order valence-corrected chi connectivity index (χ2v) is 7.42. The lowest BCUT2D eigenvalue weighted by atomic mass is 10.1. The van der Waals surface area contributed by atoms with Crippen molar-refractivity contribution in [2.75, 3.05) is 13.7 Å². The van der Waals surface area contributed by atoms with Crippen molar-refractivity contribution in [1.29, 1.82) is 0 Å². The van der Waals surface area contributed by atoms with Gasteiger partial charge in [-0.1, -0.05) is 18.7 Å². The lowest BCUT2D eigenvalue weighted by Crippen LogP contribution is -2.54. The molecule has 0 unspecified atom stereocenters. The zero-order valence-electron chi connectivity index (χ0n) is 16.1. The zero-order chi connectivity index (χ0) is 20.1. The molecule has 2 aromatic rings. The third kappa shape index (κ3) is 2.99. The van der Waals surface area contributed by atoms with E-state index in [1.54, 1.807) is 17.0 Å². The monoisotopic (exact) mass is 383 g/mol. The van der Waals surface area contributed by atoms with Gasteiger partial charge >= 0.3 is 0 Å². The summed E-state index contributed by atoms with van der Waals surface area (Å²) in [6.45, 7) is 8.87. The fourth-order valence-corrected chi connectivity index (χ4v) is 3.47. The number of rotatable bonds is 2. The summed E-state index contributed by atoms with van der Waals surface area (Å²) in [6.07, 6.45) is 0.493. The van der Waals surface area contributed by atoms with Crippen molar-refractivity contribution < 1.29 is 9.13 Å². The first-order valence-electron chi connectivity index (χ1n) is 9.07. The maximum atomic E-state index is 13.1. The Morgan fingerprint density at radius 1 is 1.32 bits per heavy atom. The topological polar surface area (TPSA) is 71.8 Å². The molecule has 7 nitrogen and oxygen atoms in total. The highest BCUT2D eigenvalue weighted by Crippen LogP contribution is 2.24. The Morgan fingerprint density at radius 2 is 2.04 bits per heavy atom. The van der Waals surface area contributed by atoms with Crippen LogP contribution in [-0.4, -0.2) is 33.9 Å². The molecule has 0 saturated heterocycles. The minimum absolute atomic E-state index is 0.242. The lowest BCUT2D eigenvalue weighted by Gasteiger charge is -2.32. The zero-order valence-corrected chi connectivity index (χ0v) is 16.1. The van der Waals surface area contributed by atoms with Gasteiger partial charge in [0.25, 0.3) is 0 Å². The molecule has 0 spiro atoms. The molecule has 0 amide bonds. The van der Waals surface area contributed by atoms with Crippen molar-refractivity contribution in [3.8, 4) is 0 Å². The molecule has 0 saturated carbocycles. The molecule has 2 aliphatic heterocycles. The van der Waals surface area contributed by atoms with Crippen molar-refractivity contribution in [1.82, 2.24) is 19.9 Å². The lowest BCUT2D eigenvalue weighted by molar-refractivity contribution is -0.0566. The Bertz CT molecular complexity index is 1130. The molecule has 3 heterocycles. The summed E-state index contributed by atoms with van der Waals surface area (Å²) in [7, 11) is 1.82. The molecule has 0 atom stereocenters. The molecule has 1 N–H and O–H groups in total. The smallest absolute Gasteiger partial charge is 0.230 e. The van der Waals surface area contributed by atoms with Crippen LogP contribution in [0.4, 0.5) is 4.39 Å². The van der Waals surface area contributed by atoms with E-state index >= 15 is 0 Å². The number of fused-ring (bicyclic) bond motifs is 1. The number of ether oxygens (including phenoxy) is 1. The molecular weight excluding hydrogens is 361 g/mol. The van der Waals surface area contributed by atoms with Gasteiger partial charge in [0, 0.05) is 20.0 Å². The molecule has 8 heteroatoms. The van der Waals surface area contributed by atoms with Gasteiger partial charge in [0.1, 0.15) is 23.1 Å². The Balaban J connectivity index is 1.77. The highest BCUT2D eigenvalue weighted by Gasteiger charge is 2.32. The first-order valence-corrected chi connectivity index (χ1v) is 9.07. The van der Waals surface area contributed by atoms with E-state index in [0.29, 0.717) is 42.4 Å². The predicted molar refractivity (Wildman–Crippen MR) is 104 cm³/mol. The minimum atomic E-state index is -0.622. The Kier molecular flexibility index (Phi) is 4.30. The second kappa shape index (κ2) is 6.56. The van der Waals surface area contributed by atoms with E-state index in [4.69, 9.17) is 4.74 Å². The van der Waals surface area contributed by atoms with Crippen LogP contribution in [0, 0.1) is 5.82 Å². The van der Waals surface area contributed by atoms with Crippen molar-refractivity contribution in [2.45, 2.75) is 32.4 Å². The quantitative estimate of drug-likeness (QED) is 0.803. The molecule has 1 aromatic carbocycles. The Hall–Kier alpha value is -3.00. The summed E-state index contributed by atoms with van der Waals surface area (Å²) in [5, 5.41) is 4.98. The molecule has 146 valence electrons. The fourth-order valence-electron chi connectivity index (χ4n) is 3.47. The van der Waals surface area contributed by atoms with Crippen molar-refractivity contribution in [2.24, 2.45) is 5.10 Å². The van der Waals surface area contributed by atoms with E-state index in [1.807, 2.05) is 25.5 Å². The standard InChI is InChI=1S/C20H22FN5O2/c1-12-17(27)16(22-19-20(2,3)28-10-9-26(12)19)18-24-23-15(25(18)4)11-13-5-7-14(21)8-6-13/h5-8,24H,1,9-11H2,2-4H3. The van der Waals surface area contributed by atoms with Crippen LogP contribution in [0.3, 0.4) is 0 Å². The number of halogens is 1. The van der Waals surface area contributed by atoms with Crippen LogP contribution in [0.1, 0.15) is 25.2 Å². The van der Waals surface area contributed by atoms with Gasteiger partial charge in [0.2, 0.25) is 5.43 Å². The van der Waals surface area contributed by atoms with Gasteiger partial charge in [-0.3, -0.25) is 10.2 Å². The van der Waals surface area contributed by atoms with Crippen molar-refractivity contribution in [3.05, 3.63) is 62.4 Å². The van der Waals surface area contributed by atoms with Gasteiger partial charge in [-0.15, -0.1) is 0 Å². The van der Waals surface area contributed by atoms with Crippen molar-refractivity contribution in [3.63, 3.8) is 0 Å². The summed E-state index contributed by atoms with van der Waals surface area (Å²) in [4.78, 5) is 19.3. The number of aromatic nitrogens is 2. The number of nitrogens with zero attached hydrogens (tertiary/aromatic N) is 4. The fraction of sp³-hybridized carbons (Fsp3) is 0.350. The number of nitrogens with one attached hydrogen (secondary N) is 1. The van der Waals surface area contributed by atoms with Crippen LogP contribution >= 0.6 is 0 Å². The number of hydrogen-bond acceptors (Lipinski definition) is 6. The van der Waals surface area contributed by atoms with Crippen LogP contribution in [0.15, 0.2) is 34.2 Å². The van der Waals surface area contributed by atoms with Gasteiger partial charge < -0.3 is 14.2 Å². The molecule has 28 heavy (non-hydrogen) atoms. The number of benzene rings is 1. The van der Waals surface area contributed by atoms with E-state index in [9.17, 15) is 9.18 Å². The number of hydrazone groups is 1. The molecule has 0 fully saturated rings. The summed E-state index contributed by atoms with van der Waals surface area (Å²) >= 11 is 0. The highest BCUT2D eigenvalue weighted by molar-refractivity contribution is 5.91. The Morgan fingerprint density at radius 3 is 2.75 bits per heavy atom. The summed E-state index contributed by atoms with van der Waals surface area (Å²) < 4.78 is 20.8. The van der Waals surface area contributed by atoms with E-state index in [1.165, 1.54) is 12.1 Å². The number of hydrogen-bond donors (Lipinski definition) is 1. The summed E-state index contributed by atoms with van der Waals surface area (Å²) in [5.74, 6) is 1.58. The first kappa shape index (κ1) is 18.4. The minimum Gasteiger partial charge on any atom is -0.366 e. The van der Waals surface area contributed by atoms with Crippen LogP contribution in [0.5, 0.6) is 0 Å². The normalized spacial score (nSPS) is 19.9. The van der Waals surface area contributed by atoms with Crippen LogP contribution in [0.2, 0.25) is 0 Å². The highest BCUT2D eigenvalue weighted by atomic mass is 19.1. The van der Waals surface area contributed by atoms with Gasteiger partial charge in [0.05, 0.1) is 12.0 Å². The molecule has 2 aliphatic rings. The van der Waals surface area contributed by atoms with Gasteiger partial charge in [-0.25, -0.2) is 9.37 Å². The maximum absolute atomic E-state index is 13.1. The molecule has 4 rings (SSSR count). The number of amidine groups is 1. The predicted octanol–water partition coefficient (Wildman–Crippen LogP) is 0.215. The molecule has 0 bridgehead atoms. The van der Waals surface area contributed by atoms with Crippen LogP contribution in [-0.2, 0) is 23.3 Å². The summed E-state index contributed by atoms with van der Waals surface area (Å²) in [6, 6.07) is 6.25. The third-order valence-corrected chi connectivity index (χ3v) is 5.11. The van der Waals surface area contributed by atoms with Gasteiger partial charge in [-0.05, 0) is 31.5 Å². The molecule has 1 aromatic heterocycles. The Labute approximate surface area is 161 Å². The first-order chi connectivity index (χ1) is 13.3. The average molecular weight is 383 g/mol. The average Bonchev–Trinajstić information content (AvgIpc) is 3.00. The van der Waals surface area contributed by atoms with E-state index in [2.05, 4.69) is 22.1 Å². The molecule has 0 aliphatic carbocycles.